The van der Waals surface area contributed by atoms with Crippen LogP contribution in [-0.4, -0.2) is 30.8 Å². The lowest BCUT2D eigenvalue weighted by atomic mass is 10.2. The standard InChI is InChI=1S/C15H12Br2ClNO6/c1-15(2)24-12(20)6(13(21)25-15)5-19-11-8(18)4-7(16)9(10(11)17)14(22)23-3/h4-5,19H,1-3H3. The van der Waals surface area contributed by atoms with Crippen LogP contribution in [0.15, 0.2) is 26.8 Å². The first kappa shape index (κ1) is 19.7. The lowest BCUT2D eigenvalue weighted by molar-refractivity contribution is -0.222. The second kappa shape index (κ2) is 7.35. The number of hydrogen-bond acceptors (Lipinski definition) is 7. The number of methoxy groups -OCH3 is 1. The largest absolute Gasteiger partial charge is 0.465 e. The number of rotatable bonds is 3. The molecule has 1 aliphatic heterocycles. The van der Waals surface area contributed by atoms with E-state index in [1.807, 2.05) is 0 Å². The zero-order valence-corrected chi connectivity index (χ0v) is 17.2. The van der Waals surface area contributed by atoms with Gasteiger partial charge in [0.05, 0.1) is 27.9 Å². The van der Waals surface area contributed by atoms with Crippen molar-refractivity contribution in [3.63, 3.8) is 0 Å². The summed E-state index contributed by atoms with van der Waals surface area (Å²) in [6.45, 7) is 2.88. The summed E-state index contributed by atoms with van der Waals surface area (Å²) in [6, 6.07) is 1.47. The van der Waals surface area contributed by atoms with Gasteiger partial charge in [-0.3, -0.25) is 0 Å². The number of benzene rings is 1. The number of cyclic esters (lactones) is 2. The molecule has 2 rings (SSSR count). The molecule has 134 valence electrons. The molecule has 1 saturated heterocycles. The van der Waals surface area contributed by atoms with Gasteiger partial charge >= 0.3 is 17.9 Å². The Morgan fingerprint density at radius 2 is 1.84 bits per heavy atom. The third-order valence-electron chi connectivity index (χ3n) is 3.04. The highest BCUT2D eigenvalue weighted by atomic mass is 79.9. The Kier molecular flexibility index (Phi) is 5.80. The first-order valence-corrected chi connectivity index (χ1v) is 8.73. The maximum absolute atomic E-state index is 11.9. The SMILES string of the molecule is COC(=O)c1c(Br)cc(Cl)c(NC=C2C(=O)OC(C)(C)OC2=O)c1Br. The number of esters is 3. The Balaban J connectivity index is 2.40. The van der Waals surface area contributed by atoms with Crippen molar-refractivity contribution in [2.45, 2.75) is 19.6 Å². The number of halogens is 3. The first-order chi connectivity index (χ1) is 11.6. The van der Waals surface area contributed by atoms with E-state index in [0.29, 0.717) is 4.47 Å². The van der Waals surface area contributed by atoms with E-state index in [-0.39, 0.29) is 26.3 Å². The van der Waals surface area contributed by atoms with E-state index in [1.54, 1.807) is 0 Å². The minimum Gasteiger partial charge on any atom is -0.465 e. The molecule has 0 bridgehead atoms. The molecule has 1 aliphatic rings. The molecule has 0 atom stereocenters. The van der Waals surface area contributed by atoms with E-state index >= 15 is 0 Å². The van der Waals surface area contributed by atoms with Crippen LogP contribution >= 0.6 is 43.5 Å². The van der Waals surface area contributed by atoms with Crippen LogP contribution in [0.4, 0.5) is 5.69 Å². The Hall–Kier alpha value is -1.58. The third-order valence-corrected chi connectivity index (χ3v) is 4.75. The van der Waals surface area contributed by atoms with Gasteiger partial charge in [0.2, 0.25) is 0 Å². The van der Waals surface area contributed by atoms with Crippen molar-refractivity contribution in [1.82, 2.24) is 0 Å². The van der Waals surface area contributed by atoms with E-state index in [4.69, 9.17) is 25.8 Å². The maximum Gasteiger partial charge on any atom is 0.350 e. The van der Waals surface area contributed by atoms with Crippen LogP contribution < -0.4 is 5.32 Å². The average Bonchev–Trinajstić information content (AvgIpc) is 2.47. The summed E-state index contributed by atoms with van der Waals surface area (Å²) in [4.78, 5) is 35.7. The Morgan fingerprint density at radius 3 is 2.36 bits per heavy atom. The highest BCUT2D eigenvalue weighted by molar-refractivity contribution is 9.11. The summed E-state index contributed by atoms with van der Waals surface area (Å²) in [6.07, 6.45) is 1.10. The Morgan fingerprint density at radius 1 is 1.28 bits per heavy atom. The molecular formula is C15H12Br2ClNO6. The van der Waals surface area contributed by atoms with Crippen LogP contribution in [0.25, 0.3) is 0 Å². The molecule has 1 N–H and O–H groups in total. The van der Waals surface area contributed by atoms with Crippen molar-refractivity contribution in [1.29, 1.82) is 0 Å². The molecular weight excluding hydrogens is 485 g/mol. The molecule has 0 aromatic heterocycles. The number of nitrogens with one attached hydrogen (secondary N) is 1. The van der Waals surface area contributed by atoms with Gasteiger partial charge in [-0.05, 0) is 37.9 Å². The van der Waals surface area contributed by atoms with Crippen molar-refractivity contribution < 1.29 is 28.6 Å². The molecule has 1 heterocycles. The van der Waals surface area contributed by atoms with Gasteiger partial charge in [0.15, 0.2) is 5.57 Å². The number of carbonyl (C=O) groups excluding carboxylic acids is 3. The van der Waals surface area contributed by atoms with Gasteiger partial charge in [0.25, 0.3) is 5.79 Å². The molecule has 0 saturated carbocycles. The molecule has 0 aliphatic carbocycles. The van der Waals surface area contributed by atoms with Gasteiger partial charge in [-0.25, -0.2) is 14.4 Å². The topological polar surface area (TPSA) is 90.9 Å². The number of ether oxygens (including phenoxy) is 3. The van der Waals surface area contributed by atoms with Gasteiger partial charge in [-0.2, -0.15) is 0 Å². The Bertz CT molecular complexity index is 784. The van der Waals surface area contributed by atoms with E-state index in [9.17, 15) is 14.4 Å². The molecule has 10 heteroatoms. The zero-order chi connectivity index (χ0) is 18.9. The zero-order valence-electron chi connectivity index (χ0n) is 13.2. The van der Waals surface area contributed by atoms with Crippen molar-refractivity contribution in [2.75, 3.05) is 12.4 Å². The van der Waals surface area contributed by atoms with E-state index in [0.717, 1.165) is 6.20 Å². The lowest BCUT2D eigenvalue weighted by Gasteiger charge is -2.29. The van der Waals surface area contributed by atoms with Crippen LogP contribution in [0.5, 0.6) is 0 Å². The number of hydrogen-bond donors (Lipinski definition) is 1. The quantitative estimate of drug-likeness (QED) is 0.386. The van der Waals surface area contributed by atoms with Gasteiger partial charge in [-0.1, -0.05) is 11.6 Å². The Labute approximate surface area is 164 Å². The highest BCUT2D eigenvalue weighted by Crippen LogP contribution is 2.39. The summed E-state index contributed by atoms with van der Waals surface area (Å²) >= 11 is 12.6. The van der Waals surface area contributed by atoms with Crippen LogP contribution in [-0.2, 0) is 23.8 Å². The summed E-state index contributed by atoms with van der Waals surface area (Å²) in [5.74, 6) is -3.62. The third kappa shape index (κ3) is 4.16. The highest BCUT2D eigenvalue weighted by Gasteiger charge is 2.39. The van der Waals surface area contributed by atoms with Crippen molar-refractivity contribution in [2.24, 2.45) is 0 Å². The van der Waals surface area contributed by atoms with E-state index in [2.05, 4.69) is 37.2 Å². The van der Waals surface area contributed by atoms with Crippen molar-refractivity contribution in [3.05, 3.63) is 37.4 Å². The monoisotopic (exact) mass is 495 g/mol. The number of carbonyl (C=O) groups is 3. The fourth-order valence-electron chi connectivity index (χ4n) is 1.93. The molecule has 1 fully saturated rings. The normalized spacial score (nSPS) is 16.0. The molecule has 1 aromatic carbocycles. The van der Waals surface area contributed by atoms with Crippen LogP contribution in [0, 0.1) is 0 Å². The fourth-order valence-corrected chi connectivity index (χ4v) is 4.00. The smallest absolute Gasteiger partial charge is 0.350 e. The van der Waals surface area contributed by atoms with Crippen LogP contribution in [0.2, 0.25) is 5.02 Å². The molecule has 0 unspecified atom stereocenters. The van der Waals surface area contributed by atoms with Gasteiger partial charge < -0.3 is 19.5 Å². The number of anilines is 1. The lowest BCUT2D eigenvalue weighted by Crippen LogP contribution is -2.42. The van der Waals surface area contributed by atoms with Crippen molar-refractivity contribution >= 4 is 67.1 Å². The molecule has 0 radical (unpaired) electrons. The average molecular weight is 498 g/mol. The second-order valence-electron chi connectivity index (χ2n) is 5.28. The van der Waals surface area contributed by atoms with Gasteiger partial charge in [0.1, 0.15) is 0 Å². The van der Waals surface area contributed by atoms with Crippen LogP contribution in [0.1, 0.15) is 24.2 Å². The minimum absolute atomic E-state index is 0.183. The minimum atomic E-state index is -1.33. The first-order valence-electron chi connectivity index (χ1n) is 6.76. The van der Waals surface area contributed by atoms with E-state index < -0.39 is 23.7 Å². The summed E-state index contributed by atoms with van der Waals surface area (Å²) in [7, 11) is 1.24. The summed E-state index contributed by atoms with van der Waals surface area (Å²) in [5, 5.41) is 2.94. The second-order valence-corrected chi connectivity index (χ2v) is 7.33. The molecule has 25 heavy (non-hydrogen) atoms. The summed E-state index contributed by atoms with van der Waals surface area (Å²) < 4.78 is 15.4. The fraction of sp³-hybridized carbons (Fsp3) is 0.267. The molecule has 0 spiro atoms. The summed E-state index contributed by atoms with van der Waals surface area (Å²) in [5.41, 5.74) is 0.0933. The van der Waals surface area contributed by atoms with Crippen molar-refractivity contribution in [3.8, 4) is 0 Å². The van der Waals surface area contributed by atoms with Crippen LogP contribution in [0.3, 0.4) is 0 Å². The predicted octanol–water partition coefficient (Wildman–Crippen LogP) is 3.78. The predicted molar refractivity (Wildman–Crippen MR) is 96.2 cm³/mol. The van der Waals surface area contributed by atoms with Gasteiger partial charge in [0, 0.05) is 24.5 Å². The molecule has 7 nitrogen and oxygen atoms in total. The van der Waals surface area contributed by atoms with E-state index in [1.165, 1.54) is 27.0 Å². The molecule has 0 amide bonds. The molecule has 1 aromatic rings. The maximum atomic E-state index is 11.9. The van der Waals surface area contributed by atoms with Gasteiger partial charge in [-0.15, -0.1) is 0 Å².